The van der Waals surface area contributed by atoms with Crippen molar-refractivity contribution in [1.29, 1.82) is 0 Å². The lowest BCUT2D eigenvalue weighted by Crippen LogP contribution is -2.46. The highest BCUT2D eigenvalue weighted by Crippen LogP contribution is 2.32. The van der Waals surface area contributed by atoms with Crippen LogP contribution in [0.15, 0.2) is 48.7 Å². The summed E-state index contributed by atoms with van der Waals surface area (Å²) in [6.45, 7) is 5.55. The van der Waals surface area contributed by atoms with E-state index in [1.54, 1.807) is 10.6 Å². The van der Waals surface area contributed by atoms with E-state index in [9.17, 15) is 4.79 Å². The first-order valence-corrected chi connectivity index (χ1v) is 11.0. The number of anilines is 1. The third-order valence-corrected chi connectivity index (χ3v) is 6.24. The zero-order valence-electron chi connectivity index (χ0n) is 16.7. The number of nitrogens with zero attached hydrogens (tertiary/aromatic N) is 4. The van der Waals surface area contributed by atoms with Crippen LogP contribution in [0.3, 0.4) is 0 Å². The average Bonchev–Trinajstić information content (AvgIpc) is 3.20. The van der Waals surface area contributed by atoms with Gasteiger partial charge in [0.1, 0.15) is 0 Å². The van der Waals surface area contributed by atoms with E-state index < -0.39 is 0 Å². The number of rotatable bonds is 7. The van der Waals surface area contributed by atoms with Gasteiger partial charge in [-0.1, -0.05) is 35.3 Å². The molecule has 1 aliphatic heterocycles. The third kappa shape index (κ3) is 4.89. The van der Waals surface area contributed by atoms with Gasteiger partial charge < -0.3 is 10.2 Å². The summed E-state index contributed by atoms with van der Waals surface area (Å²) < 4.78 is 1.71. The van der Waals surface area contributed by atoms with Gasteiger partial charge in [-0.25, -0.2) is 4.52 Å². The lowest BCUT2D eigenvalue weighted by molar-refractivity contribution is 0.0947. The Bertz CT molecular complexity index is 981. The first-order chi connectivity index (χ1) is 14.6. The number of carbonyl (C=O) groups excluding carboxylic acids is 1. The van der Waals surface area contributed by atoms with Gasteiger partial charge >= 0.3 is 0 Å². The summed E-state index contributed by atoms with van der Waals surface area (Å²) in [5.74, 6) is -0.120. The highest BCUT2D eigenvalue weighted by molar-refractivity contribution is 6.43. The quantitative estimate of drug-likeness (QED) is 0.558. The molecule has 30 heavy (non-hydrogen) atoms. The van der Waals surface area contributed by atoms with Gasteiger partial charge in [0.05, 0.1) is 21.2 Å². The van der Waals surface area contributed by atoms with Crippen LogP contribution in [0.4, 0.5) is 5.69 Å². The van der Waals surface area contributed by atoms with Gasteiger partial charge in [0.15, 0.2) is 5.69 Å². The van der Waals surface area contributed by atoms with Crippen molar-refractivity contribution in [2.45, 2.75) is 12.8 Å². The van der Waals surface area contributed by atoms with Gasteiger partial charge in [0.2, 0.25) is 0 Å². The normalized spacial score (nSPS) is 14.9. The SMILES string of the molecule is O=C(NCCCCN1CCN(c2cccc(Cl)c2Cl)CC1)c1cc2ccccn2n1. The summed E-state index contributed by atoms with van der Waals surface area (Å²) in [6.07, 6.45) is 3.83. The van der Waals surface area contributed by atoms with Crippen molar-refractivity contribution in [3.63, 3.8) is 0 Å². The van der Waals surface area contributed by atoms with Gasteiger partial charge in [-0.05, 0) is 49.7 Å². The monoisotopic (exact) mass is 445 g/mol. The predicted octanol–water partition coefficient (Wildman–Crippen LogP) is 3.97. The Hall–Kier alpha value is -2.28. The Labute approximate surface area is 186 Å². The third-order valence-electron chi connectivity index (χ3n) is 5.43. The van der Waals surface area contributed by atoms with E-state index in [2.05, 4.69) is 20.2 Å². The first kappa shape index (κ1) is 21.0. The molecule has 1 aromatic carbocycles. The Kier molecular flexibility index (Phi) is 6.77. The number of hydrogen-bond acceptors (Lipinski definition) is 4. The summed E-state index contributed by atoms with van der Waals surface area (Å²) in [5, 5.41) is 8.50. The molecule has 8 heteroatoms. The second-order valence-electron chi connectivity index (χ2n) is 7.46. The minimum atomic E-state index is -0.120. The number of pyridine rings is 1. The molecule has 158 valence electrons. The number of benzene rings is 1. The van der Waals surface area contributed by atoms with Gasteiger partial charge in [0.25, 0.3) is 5.91 Å². The topological polar surface area (TPSA) is 52.9 Å². The van der Waals surface area contributed by atoms with Crippen molar-refractivity contribution in [1.82, 2.24) is 19.8 Å². The van der Waals surface area contributed by atoms with Crippen LogP contribution in [0.25, 0.3) is 5.52 Å². The summed E-state index contributed by atoms with van der Waals surface area (Å²) in [5.41, 5.74) is 2.39. The van der Waals surface area contributed by atoms with Crippen molar-refractivity contribution in [2.75, 3.05) is 44.2 Å². The number of hydrogen-bond donors (Lipinski definition) is 1. The molecule has 3 heterocycles. The molecule has 0 saturated carbocycles. The molecule has 1 saturated heterocycles. The van der Waals surface area contributed by atoms with Crippen molar-refractivity contribution >= 4 is 40.3 Å². The molecule has 6 nitrogen and oxygen atoms in total. The van der Waals surface area contributed by atoms with E-state index in [0.717, 1.165) is 56.8 Å². The molecular formula is C22H25Cl2N5O. The maximum Gasteiger partial charge on any atom is 0.271 e. The number of nitrogens with one attached hydrogen (secondary N) is 1. The van der Waals surface area contributed by atoms with Gasteiger partial charge in [-0.3, -0.25) is 9.69 Å². The van der Waals surface area contributed by atoms with Crippen LogP contribution in [0, 0.1) is 0 Å². The van der Waals surface area contributed by atoms with Crippen LogP contribution in [0.2, 0.25) is 10.0 Å². The molecule has 0 aliphatic carbocycles. The molecule has 0 atom stereocenters. The van der Waals surface area contributed by atoms with Crippen LogP contribution in [-0.2, 0) is 0 Å². The number of unbranched alkanes of at least 4 members (excludes halogenated alkanes) is 1. The van der Waals surface area contributed by atoms with E-state index in [1.807, 2.05) is 42.6 Å². The maximum atomic E-state index is 12.3. The second kappa shape index (κ2) is 9.69. The molecule has 1 amide bonds. The fourth-order valence-electron chi connectivity index (χ4n) is 3.75. The zero-order valence-corrected chi connectivity index (χ0v) is 18.2. The van der Waals surface area contributed by atoms with Crippen LogP contribution in [0.5, 0.6) is 0 Å². The minimum Gasteiger partial charge on any atom is -0.368 e. The molecule has 1 aliphatic rings. The van der Waals surface area contributed by atoms with Crippen LogP contribution < -0.4 is 10.2 Å². The number of fused-ring (bicyclic) bond motifs is 1. The Balaban J connectivity index is 1.15. The number of halogens is 2. The van der Waals surface area contributed by atoms with Crippen molar-refractivity contribution < 1.29 is 4.79 Å². The fraction of sp³-hybridized carbons (Fsp3) is 0.364. The largest absolute Gasteiger partial charge is 0.368 e. The Morgan fingerprint density at radius 3 is 2.67 bits per heavy atom. The lowest BCUT2D eigenvalue weighted by Gasteiger charge is -2.36. The van der Waals surface area contributed by atoms with Crippen LogP contribution in [0.1, 0.15) is 23.3 Å². The molecule has 0 spiro atoms. The molecule has 0 radical (unpaired) electrons. The highest BCUT2D eigenvalue weighted by atomic mass is 35.5. The maximum absolute atomic E-state index is 12.3. The molecule has 3 aromatic rings. The number of carbonyl (C=O) groups is 1. The van der Waals surface area contributed by atoms with Crippen LogP contribution >= 0.6 is 23.2 Å². The van der Waals surface area contributed by atoms with Crippen molar-refractivity contribution in [2.24, 2.45) is 0 Å². The standard InChI is InChI=1S/C22H25Cl2N5O/c23-18-7-5-8-20(21(18)24)28-14-12-27(13-15-28)10-4-2-9-25-22(30)19-16-17-6-1-3-11-29(17)26-19/h1,3,5-8,11,16H,2,4,9-10,12-15H2,(H,25,30). The molecule has 1 fully saturated rings. The number of amides is 1. The van der Waals surface area contributed by atoms with Gasteiger partial charge in [-0.2, -0.15) is 5.10 Å². The average molecular weight is 446 g/mol. The molecule has 1 N–H and O–H groups in total. The van der Waals surface area contributed by atoms with Gasteiger partial charge in [-0.15, -0.1) is 0 Å². The lowest BCUT2D eigenvalue weighted by atomic mass is 10.2. The van der Waals surface area contributed by atoms with E-state index >= 15 is 0 Å². The van der Waals surface area contributed by atoms with E-state index in [0.29, 0.717) is 22.3 Å². The molecule has 4 rings (SSSR count). The van der Waals surface area contributed by atoms with Crippen molar-refractivity contribution in [3.05, 3.63) is 64.4 Å². The molecular weight excluding hydrogens is 421 g/mol. The summed E-state index contributed by atoms with van der Waals surface area (Å²) in [4.78, 5) is 17.0. The summed E-state index contributed by atoms with van der Waals surface area (Å²) >= 11 is 12.5. The molecule has 0 unspecified atom stereocenters. The zero-order chi connectivity index (χ0) is 20.9. The first-order valence-electron chi connectivity index (χ1n) is 10.3. The number of aromatic nitrogens is 2. The highest BCUT2D eigenvalue weighted by Gasteiger charge is 2.19. The van der Waals surface area contributed by atoms with E-state index in [1.165, 1.54) is 0 Å². The predicted molar refractivity (Wildman–Crippen MR) is 122 cm³/mol. The summed E-state index contributed by atoms with van der Waals surface area (Å²) in [6, 6.07) is 13.3. The fourth-order valence-corrected chi connectivity index (χ4v) is 4.17. The molecule has 2 aromatic heterocycles. The minimum absolute atomic E-state index is 0.120. The van der Waals surface area contributed by atoms with Crippen LogP contribution in [-0.4, -0.2) is 59.7 Å². The van der Waals surface area contributed by atoms with Gasteiger partial charge in [0, 0.05) is 38.9 Å². The smallest absolute Gasteiger partial charge is 0.271 e. The summed E-state index contributed by atoms with van der Waals surface area (Å²) in [7, 11) is 0. The second-order valence-corrected chi connectivity index (χ2v) is 8.25. The van der Waals surface area contributed by atoms with Crippen molar-refractivity contribution in [3.8, 4) is 0 Å². The van der Waals surface area contributed by atoms with E-state index in [-0.39, 0.29) is 5.91 Å². The van der Waals surface area contributed by atoms with E-state index in [4.69, 9.17) is 23.2 Å². The Morgan fingerprint density at radius 2 is 1.87 bits per heavy atom. The molecule has 0 bridgehead atoms. The Morgan fingerprint density at radius 1 is 1.03 bits per heavy atom. The number of piperazine rings is 1.